The van der Waals surface area contributed by atoms with E-state index in [9.17, 15) is 4.79 Å². The lowest BCUT2D eigenvalue weighted by atomic mass is 10.3. The summed E-state index contributed by atoms with van der Waals surface area (Å²) in [6, 6.07) is 13.6. The molecule has 0 atom stereocenters. The van der Waals surface area contributed by atoms with Gasteiger partial charge in [0.1, 0.15) is 0 Å². The fourth-order valence-corrected chi connectivity index (χ4v) is 4.42. The topological polar surface area (TPSA) is 54.9 Å². The van der Waals surface area contributed by atoms with Gasteiger partial charge in [-0.15, -0.1) is 11.3 Å². The van der Waals surface area contributed by atoms with E-state index in [0.717, 1.165) is 24.9 Å². The molecule has 0 saturated heterocycles. The molecular formula is C15H8BrN3OS2. The first kappa shape index (κ1) is 13.8. The molecule has 0 aliphatic carbocycles. The van der Waals surface area contributed by atoms with Crippen molar-refractivity contribution in [2.75, 3.05) is 5.32 Å². The quantitative estimate of drug-likeness (QED) is 0.529. The van der Waals surface area contributed by atoms with Crippen LogP contribution in [-0.2, 0) is 0 Å². The summed E-state index contributed by atoms with van der Waals surface area (Å²) < 4.78 is 2.94. The van der Waals surface area contributed by atoms with Crippen molar-refractivity contribution in [1.29, 1.82) is 0 Å². The molecule has 4 rings (SSSR count). The second-order valence-electron chi connectivity index (χ2n) is 4.55. The Morgan fingerprint density at radius 1 is 1.00 bits per heavy atom. The van der Waals surface area contributed by atoms with Crippen LogP contribution in [-0.4, -0.2) is 15.9 Å². The number of hydrogen-bond donors (Lipinski definition) is 1. The van der Waals surface area contributed by atoms with E-state index < -0.39 is 0 Å². The highest BCUT2D eigenvalue weighted by atomic mass is 79.9. The first-order chi connectivity index (χ1) is 10.7. The van der Waals surface area contributed by atoms with Gasteiger partial charge < -0.3 is 0 Å². The van der Waals surface area contributed by atoms with Crippen LogP contribution in [0.3, 0.4) is 0 Å². The number of thiazole rings is 2. The Labute approximate surface area is 142 Å². The SMILES string of the molecule is O=C(Nc1nc2c(Br)cccc2s1)c1nc2ccccc2s1. The van der Waals surface area contributed by atoms with E-state index >= 15 is 0 Å². The van der Waals surface area contributed by atoms with Gasteiger partial charge in [-0.1, -0.05) is 29.5 Å². The van der Waals surface area contributed by atoms with Crippen molar-refractivity contribution in [2.45, 2.75) is 0 Å². The van der Waals surface area contributed by atoms with Gasteiger partial charge in [0, 0.05) is 4.47 Å². The largest absolute Gasteiger partial charge is 0.296 e. The number of nitrogens with zero attached hydrogens (tertiary/aromatic N) is 2. The molecule has 4 aromatic rings. The van der Waals surface area contributed by atoms with Crippen molar-refractivity contribution in [3.05, 3.63) is 51.9 Å². The number of carbonyl (C=O) groups is 1. The zero-order valence-corrected chi connectivity index (χ0v) is 14.3. The van der Waals surface area contributed by atoms with Gasteiger partial charge in [-0.3, -0.25) is 10.1 Å². The second-order valence-corrected chi connectivity index (χ2v) is 7.46. The van der Waals surface area contributed by atoms with Crippen molar-refractivity contribution in [3.63, 3.8) is 0 Å². The Hall–Kier alpha value is -1.83. The molecule has 0 aliphatic heterocycles. The minimum absolute atomic E-state index is 0.226. The van der Waals surface area contributed by atoms with Crippen LogP contribution in [0, 0.1) is 0 Å². The van der Waals surface area contributed by atoms with Crippen LogP contribution in [0.25, 0.3) is 20.4 Å². The molecular weight excluding hydrogens is 382 g/mol. The predicted molar refractivity (Wildman–Crippen MR) is 94.9 cm³/mol. The van der Waals surface area contributed by atoms with Gasteiger partial charge in [0.15, 0.2) is 10.1 Å². The van der Waals surface area contributed by atoms with Gasteiger partial charge in [-0.25, -0.2) is 9.97 Å². The molecule has 0 fully saturated rings. The molecule has 2 heterocycles. The number of hydrogen-bond acceptors (Lipinski definition) is 5. The van der Waals surface area contributed by atoms with Crippen molar-refractivity contribution in [2.24, 2.45) is 0 Å². The normalized spacial score (nSPS) is 11.1. The van der Waals surface area contributed by atoms with Gasteiger partial charge in [0.05, 0.1) is 20.4 Å². The third-order valence-electron chi connectivity index (χ3n) is 3.08. The Kier molecular flexibility index (Phi) is 3.40. The zero-order valence-electron chi connectivity index (χ0n) is 11.0. The molecule has 0 spiro atoms. The average molecular weight is 390 g/mol. The van der Waals surface area contributed by atoms with Crippen molar-refractivity contribution < 1.29 is 4.79 Å². The minimum Gasteiger partial charge on any atom is -0.296 e. The van der Waals surface area contributed by atoms with Crippen molar-refractivity contribution in [3.8, 4) is 0 Å². The van der Waals surface area contributed by atoms with E-state index in [1.807, 2.05) is 42.5 Å². The van der Waals surface area contributed by atoms with Crippen LogP contribution in [0.15, 0.2) is 46.9 Å². The maximum Gasteiger partial charge on any atom is 0.286 e. The molecule has 108 valence electrons. The van der Waals surface area contributed by atoms with Crippen LogP contribution in [0.5, 0.6) is 0 Å². The molecule has 2 aromatic carbocycles. The van der Waals surface area contributed by atoms with Gasteiger partial charge in [0.25, 0.3) is 5.91 Å². The number of nitrogens with one attached hydrogen (secondary N) is 1. The lowest BCUT2D eigenvalue weighted by molar-refractivity contribution is 0.102. The molecule has 0 radical (unpaired) electrons. The molecule has 0 bridgehead atoms. The summed E-state index contributed by atoms with van der Waals surface area (Å²) in [6.45, 7) is 0. The van der Waals surface area contributed by atoms with Crippen LogP contribution >= 0.6 is 38.6 Å². The molecule has 2 aromatic heterocycles. The third kappa shape index (κ3) is 2.41. The number of aromatic nitrogens is 2. The minimum atomic E-state index is -0.226. The number of carbonyl (C=O) groups excluding carboxylic acids is 1. The summed E-state index contributed by atoms with van der Waals surface area (Å²) in [7, 11) is 0. The smallest absolute Gasteiger partial charge is 0.286 e. The summed E-state index contributed by atoms with van der Waals surface area (Å²) in [6.07, 6.45) is 0. The summed E-state index contributed by atoms with van der Waals surface area (Å²) in [5, 5.41) is 3.85. The van der Waals surface area contributed by atoms with E-state index in [1.54, 1.807) is 0 Å². The molecule has 0 aliphatic rings. The van der Waals surface area contributed by atoms with Gasteiger partial charge in [-0.2, -0.15) is 0 Å². The van der Waals surface area contributed by atoms with E-state index in [0.29, 0.717) is 10.1 Å². The van der Waals surface area contributed by atoms with E-state index in [-0.39, 0.29) is 5.91 Å². The van der Waals surface area contributed by atoms with E-state index in [1.165, 1.54) is 22.7 Å². The standard InChI is InChI=1S/C15H8BrN3OS2/c16-8-4-3-7-11-12(8)18-15(22-11)19-13(20)14-17-9-5-1-2-6-10(9)21-14/h1-7H,(H,18,19,20). The number of rotatable bonds is 2. The molecule has 1 amide bonds. The monoisotopic (exact) mass is 389 g/mol. The number of benzene rings is 2. The highest BCUT2D eigenvalue weighted by Crippen LogP contribution is 2.31. The second kappa shape index (κ2) is 5.42. The van der Waals surface area contributed by atoms with Crippen LogP contribution in [0.2, 0.25) is 0 Å². The predicted octanol–water partition coefficient (Wildman–Crippen LogP) is 4.92. The maximum absolute atomic E-state index is 12.3. The molecule has 0 saturated carbocycles. The summed E-state index contributed by atoms with van der Waals surface area (Å²) in [5.41, 5.74) is 1.69. The maximum atomic E-state index is 12.3. The van der Waals surface area contributed by atoms with Gasteiger partial charge in [-0.05, 0) is 40.2 Å². The molecule has 7 heteroatoms. The Bertz CT molecular complexity index is 975. The Balaban J connectivity index is 1.66. The number of fused-ring (bicyclic) bond motifs is 2. The van der Waals surface area contributed by atoms with Gasteiger partial charge in [0.2, 0.25) is 0 Å². The van der Waals surface area contributed by atoms with Crippen LogP contribution in [0.4, 0.5) is 5.13 Å². The summed E-state index contributed by atoms with van der Waals surface area (Å²) in [4.78, 5) is 21.1. The zero-order chi connectivity index (χ0) is 15.1. The fourth-order valence-electron chi connectivity index (χ4n) is 2.09. The molecule has 1 N–H and O–H groups in total. The van der Waals surface area contributed by atoms with Gasteiger partial charge >= 0.3 is 0 Å². The van der Waals surface area contributed by atoms with Crippen LogP contribution < -0.4 is 5.32 Å². The van der Waals surface area contributed by atoms with Crippen molar-refractivity contribution in [1.82, 2.24) is 9.97 Å². The van der Waals surface area contributed by atoms with Crippen molar-refractivity contribution >= 4 is 70.1 Å². The lowest BCUT2D eigenvalue weighted by Gasteiger charge is -1.96. The highest BCUT2D eigenvalue weighted by Gasteiger charge is 2.15. The average Bonchev–Trinajstić information content (AvgIpc) is 3.11. The summed E-state index contributed by atoms with van der Waals surface area (Å²) in [5.74, 6) is -0.226. The number of para-hydroxylation sites is 2. The number of anilines is 1. The van der Waals surface area contributed by atoms with Crippen LogP contribution in [0.1, 0.15) is 9.80 Å². The van der Waals surface area contributed by atoms with E-state index in [4.69, 9.17) is 0 Å². The Morgan fingerprint density at radius 2 is 1.82 bits per heavy atom. The molecule has 0 unspecified atom stereocenters. The highest BCUT2D eigenvalue weighted by molar-refractivity contribution is 9.10. The number of amides is 1. The molecule has 22 heavy (non-hydrogen) atoms. The first-order valence-corrected chi connectivity index (χ1v) is 8.85. The first-order valence-electron chi connectivity index (χ1n) is 6.43. The fraction of sp³-hybridized carbons (Fsp3) is 0. The molecule has 4 nitrogen and oxygen atoms in total. The van der Waals surface area contributed by atoms with E-state index in [2.05, 4.69) is 31.2 Å². The Morgan fingerprint density at radius 3 is 2.64 bits per heavy atom. The third-order valence-corrected chi connectivity index (χ3v) is 5.69. The number of halogens is 1. The lowest BCUT2D eigenvalue weighted by Crippen LogP contribution is -2.11. The summed E-state index contributed by atoms with van der Waals surface area (Å²) >= 11 is 6.29.